The first kappa shape index (κ1) is 23.1. The van der Waals surface area contributed by atoms with Crippen LogP contribution in [0.1, 0.15) is 21.5 Å². The number of fused-ring (bicyclic) bond motifs is 1. The highest BCUT2D eigenvalue weighted by molar-refractivity contribution is 6.34. The minimum absolute atomic E-state index is 0. The van der Waals surface area contributed by atoms with Gasteiger partial charge in [0.05, 0.1) is 27.2 Å². The lowest BCUT2D eigenvalue weighted by atomic mass is 10.0. The monoisotopic (exact) mass is 463 g/mol. The van der Waals surface area contributed by atoms with Crippen molar-refractivity contribution >= 4 is 28.6 Å². The third-order valence-electron chi connectivity index (χ3n) is 4.73. The topological polar surface area (TPSA) is 110 Å². The van der Waals surface area contributed by atoms with E-state index in [1.54, 1.807) is 31.2 Å². The smallest absolute Gasteiger partial charge is 0.416 e. The first-order valence-electron chi connectivity index (χ1n) is 9.00. The Morgan fingerprint density at radius 2 is 1.78 bits per heavy atom. The van der Waals surface area contributed by atoms with E-state index < -0.39 is 17.7 Å². The van der Waals surface area contributed by atoms with Crippen LogP contribution in [0.5, 0.6) is 11.8 Å². The summed E-state index contributed by atoms with van der Waals surface area (Å²) in [5, 5.41) is 9.57. The molecule has 166 valence electrons. The van der Waals surface area contributed by atoms with Crippen LogP contribution in [0.4, 0.5) is 13.2 Å². The van der Waals surface area contributed by atoms with Gasteiger partial charge in [0.25, 0.3) is 6.01 Å². The Morgan fingerprint density at radius 3 is 2.41 bits per heavy atom. The number of carboxylic acids is 1. The number of nitrogens with one attached hydrogen (secondary N) is 1. The molecule has 0 aliphatic carbocycles. The molecule has 0 bridgehead atoms. The number of alkyl halides is 3. The fourth-order valence-electron chi connectivity index (χ4n) is 3.12. The molecule has 0 fully saturated rings. The van der Waals surface area contributed by atoms with Crippen molar-refractivity contribution in [1.82, 2.24) is 16.1 Å². The molecular weight excluding hydrogens is 447 g/mol. The summed E-state index contributed by atoms with van der Waals surface area (Å²) < 4.78 is 44.0. The van der Waals surface area contributed by atoms with Gasteiger partial charge in [0.2, 0.25) is 0 Å². The molecule has 6 nitrogen and oxygen atoms in total. The van der Waals surface area contributed by atoms with Crippen molar-refractivity contribution in [3.8, 4) is 22.9 Å². The second kappa shape index (κ2) is 8.52. The predicted molar refractivity (Wildman–Crippen MR) is 115 cm³/mol. The summed E-state index contributed by atoms with van der Waals surface area (Å²) in [6, 6.07) is 12.7. The summed E-state index contributed by atoms with van der Waals surface area (Å²) in [4.78, 5) is 18.6. The number of imidazole rings is 1. The van der Waals surface area contributed by atoms with Crippen LogP contribution in [0.15, 0.2) is 54.6 Å². The molecule has 0 aliphatic rings. The molecule has 0 atom stereocenters. The van der Waals surface area contributed by atoms with Crippen molar-refractivity contribution in [1.29, 1.82) is 0 Å². The maximum Gasteiger partial charge on any atom is 0.416 e. The molecule has 3 aromatic carbocycles. The summed E-state index contributed by atoms with van der Waals surface area (Å²) >= 11 is 6.33. The normalized spacial score (nSPS) is 11.3. The van der Waals surface area contributed by atoms with Crippen LogP contribution in [-0.4, -0.2) is 21.0 Å². The Bertz CT molecular complexity index is 1300. The zero-order valence-corrected chi connectivity index (χ0v) is 17.4. The van der Waals surface area contributed by atoms with Crippen molar-refractivity contribution < 1.29 is 27.8 Å². The van der Waals surface area contributed by atoms with Gasteiger partial charge in [0, 0.05) is 5.56 Å². The Labute approximate surface area is 185 Å². The number of rotatable bonds is 4. The Kier molecular flexibility index (Phi) is 6.16. The molecular formula is C22H17ClF3N3O3. The van der Waals surface area contributed by atoms with Crippen LogP contribution in [0.2, 0.25) is 5.02 Å². The van der Waals surface area contributed by atoms with Gasteiger partial charge in [-0.25, -0.2) is 4.79 Å². The number of ether oxygens (including phenoxy) is 1. The van der Waals surface area contributed by atoms with Crippen LogP contribution in [0.3, 0.4) is 0 Å². The fraction of sp³-hybridized carbons (Fsp3) is 0.0909. The Morgan fingerprint density at radius 1 is 1.09 bits per heavy atom. The van der Waals surface area contributed by atoms with E-state index >= 15 is 0 Å². The number of halogens is 4. The minimum atomic E-state index is -4.42. The van der Waals surface area contributed by atoms with E-state index in [-0.39, 0.29) is 23.5 Å². The zero-order valence-electron chi connectivity index (χ0n) is 16.6. The number of H-pyrrole nitrogens is 1. The van der Waals surface area contributed by atoms with Crippen LogP contribution in [0.25, 0.3) is 22.2 Å². The SMILES string of the molecule is Cc1ccc(Oc2nc3cc(-c4ccc(C(F)(F)F)cc4)c(Cl)cc3[nH]2)cc1C(=O)O.N. The first-order valence-corrected chi connectivity index (χ1v) is 9.38. The Hall–Kier alpha value is -3.56. The first-order chi connectivity index (χ1) is 14.6. The standard InChI is InChI=1S/C22H14ClF3N2O3.H3N/c1-11-2-7-14(8-15(11)20(29)30)31-21-27-18-9-16(17(23)10-19(18)28-21)12-3-5-13(6-4-12)22(24,25)26;/h2-10H,1H3,(H,27,28)(H,29,30);1H3. The fourth-order valence-corrected chi connectivity index (χ4v) is 3.39. The van der Waals surface area contributed by atoms with Gasteiger partial charge in [-0.05, 0) is 54.4 Å². The lowest BCUT2D eigenvalue weighted by Gasteiger charge is -2.09. The number of aromatic carboxylic acids is 1. The van der Waals surface area contributed by atoms with E-state index in [4.69, 9.17) is 16.3 Å². The number of carbonyl (C=O) groups is 1. The summed E-state index contributed by atoms with van der Waals surface area (Å²) in [6.07, 6.45) is -4.42. The second-order valence-electron chi connectivity index (χ2n) is 6.85. The van der Waals surface area contributed by atoms with Crippen molar-refractivity contribution in [3.63, 3.8) is 0 Å². The predicted octanol–water partition coefficient (Wildman–Crippen LogP) is 6.86. The lowest BCUT2D eigenvalue weighted by molar-refractivity contribution is -0.137. The molecule has 1 aromatic heterocycles. The quantitative estimate of drug-likeness (QED) is 0.306. The van der Waals surface area contributed by atoms with Crippen LogP contribution >= 0.6 is 11.6 Å². The number of aryl methyl sites for hydroxylation is 1. The molecule has 0 radical (unpaired) electrons. The van der Waals surface area contributed by atoms with E-state index in [0.717, 1.165) is 12.1 Å². The number of carboxylic acid groups (broad SMARTS) is 1. The summed E-state index contributed by atoms with van der Waals surface area (Å²) in [5.74, 6) is -0.781. The molecule has 0 saturated carbocycles. The zero-order chi connectivity index (χ0) is 22.3. The van der Waals surface area contributed by atoms with Crippen LogP contribution < -0.4 is 10.9 Å². The van der Waals surface area contributed by atoms with Gasteiger partial charge in [0.15, 0.2) is 0 Å². The van der Waals surface area contributed by atoms with Crippen molar-refractivity contribution in [2.75, 3.05) is 0 Å². The van der Waals surface area contributed by atoms with Gasteiger partial charge in [-0.2, -0.15) is 18.2 Å². The highest BCUT2D eigenvalue weighted by atomic mass is 35.5. The van der Waals surface area contributed by atoms with Crippen molar-refractivity contribution in [3.05, 3.63) is 76.3 Å². The number of aromatic nitrogens is 2. The molecule has 32 heavy (non-hydrogen) atoms. The van der Waals surface area contributed by atoms with E-state index in [9.17, 15) is 23.1 Å². The van der Waals surface area contributed by atoms with E-state index in [0.29, 0.717) is 32.7 Å². The van der Waals surface area contributed by atoms with Gasteiger partial charge in [-0.3, -0.25) is 0 Å². The lowest BCUT2D eigenvalue weighted by Crippen LogP contribution is -2.04. The number of hydrogen-bond donors (Lipinski definition) is 3. The maximum atomic E-state index is 12.8. The molecule has 0 aliphatic heterocycles. The Balaban J connectivity index is 0.00000289. The average Bonchev–Trinajstić information content (AvgIpc) is 3.09. The van der Waals surface area contributed by atoms with Gasteiger partial charge in [-0.1, -0.05) is 29.8 Å². The second-order valence-corrected chi connectivity index (χ2v) is 7.26. The molecule has 10 heteroatoms. The van der Waals surface area contributed by atoms with Gasteiger partial charge in [-0.15, -0.1) is 0 Å². The van der Waals surface area contributed by atoms with E-state index in [1.165, 1.54) is 18.2 Å². The molecule has 1 heterocycles. The van der Waals surface area contributed by atoms with E-state index in [2.05, 4.69) is 9.97 Å². The number of nitrogens with zero attached hydrogens (tertiary/aromatic N) is 1. The van der Waals surface area contributed by atoms with Gasteiger partial charge < -0.3 is 21.0 Å². The third-order valence-corrected chi connectivity index (χ3v) is 5.04. The molecule has 4 aromatic rings. The highest BCUT2D eigenvalue weighted by Crippen LogP contribution is 2.35. The maximum absolute atomic E-state index is 12.8. The molecule has 0 spiro atoms. The van der Waals surface area contributed by atoms with Crippen LogP contribution in [0, 0.1) is 6.92 Å². The van der Waals surface area contributed by atoms with Crippen LogP contribution in [-0.2, 0) is 6.18 Å². The van der Waals surface area contributed by atoms with Gasteiger partial charge >= 0.3 is 12.1 Å². The largest absolute Gasteiger partial charge is 0.478 e. The molecule has 0 unspecified atom stereocenters. The minimum Gasteiger partial charge on any atom is -0.478 e. The summed E-state index contributed by atoms with van der Waals surface area (Å²) in [5.41, 5.74) is 2.03. The molecule has 5 N–H and O–H groups in total. The molecule has 0 amide bonds. The average molecular weight is 464 g/mol. The number of aromatic amines is 1. The molecule has 4 rings (SSSR count). The highest BCUT2D eigenvalue weighted by Gasteiger charge is 2.30. The summed E-state index contributed by atoms with van der Waals surface area (Å²) in [6.45, 7) is 1.68. The summed E-state index contributed by atoms with van der Waals surface area (Å²) in [7, 11) is 0. The van der Waals surface area contributed by atoms with Crippen molar-refractivity contribution in [2.45, 2.75) is 13.1 Å². The third kappa shape index (κ3) is 4.53. The van der Waals surface area contributed by atoms with Crippen molar-refractivity contribution in [2.24, 2.45) is 0 Å². The number of hydrogen-bond acceptors (Lipinski definition) is 4. The number of benzene rings is 3. The molecule has 0 saturated heterocycles. The van der Waals surface area contributed by atoms with Gasteiger partial charge in [0.1, 0.15) is 5.75 Å². The van der Waals surface area contributed by atoms with E-state index in [1.807, 2.05) is 0 Å².